The first-order valence-electron chi connectivity index (χ1n) is 6.36. The van der Waals surface area contributed by atoms with Crippen LogP contribution < -0.4 is 10.5 Å². The smallest absolute Gasteiger partial charge is 0.209 e. The molecule has 20 heavy (non-hydrogen) atoms. The van der Waals surface area contributed by atoms with Crippen molar-refractivity contribution in [2.75, 3.05) is 12.3 Å². The van der Waals surface area contributed by atoms with Gasteiger partial charge in [0.25, 0.3) is 0 Å². The molecule has 0 radical (unpaired) electrons. The molecule has 0 aliphatic heterocycles. The van der Waals surface area contributed by atoms with Gasteiger partial charge in [-0.1, -0.05) is 18.2 Å². The zero-order chi connectivity index (χ0) is 14.4. The van der Waals surface area contributed by atoms with Gasteiger partial charge in [0.15, 0.2) is 0 Å². The molecular weight excluding hydrogens is 276 g/mol. The quantitative estimate of drug-likeness (QED) is 0.733. The van der Waals surface area contributed by atoms with Crippen LogP contribution in [-0.2, 0) is 16.6 Å². The second kappa shape index (κ2) is 6.65. The lowest BCUT2D eigenvalue weighted by Gasteiger charge is -2.02. The predicted octanol–water partition coefficient (Wildman–Crippen LogP) is 0.641. The van der Waals surface area contributed by atoms with E-state index in [-0.39, 0.29) is 5.75 Å². The van der Waals surface area contributed by atoms with E-state index in [4.69, 9.17) is 5.14 Å². The molecule has 1 aromatic carbocycles. The summed E-state index contributed by atoms with van der Waals surface area (Å²) in [6, 6.07) is 11.8. The summed E-state index contributed by atoms with van der Waals surface area (Å²) >= 11 is 0. The van der Waals surface area contributed by atoms with Crippen molar-refractivity contribution in [2.45, 2.75) is 13.0 Å². The Morgan fingerprint density at radius 2 is 1.95 bits per heavy atom. The van der Waals surface area contributed by atoms with Gasteiger partial charge in [0.05, 0.1) is 17.1 Å². The highest BCUT2D eigenvalue weighted by Crippen LogP contribution is 2.06. The third kappa shape index (κ3) is 4.76. The fourth-order valence-electron chi connectivity index (χ4n) is 1.80. The first kappa shape index (κ1) is 14.7. The maximum absolute atomic E-state index is 10.8. The van der Waals surface area contributed by atoms with Crippen LogP contribution in [-0.4, -0.2) is 30.5 Å². The van der Waals surface area contributed by atoms with Crippen LogP contribution in [0.1, 0.15) is 12.1 Å². The number of aromatic nitrogens is 2. The predicted molar refractivity (Wildman–Crippen MR) is 77.9 cm³/mol. The molecule has 7 heteroatoms. The van der Waals surface area contributed by atoms with Crippen molar-refractivity contribution in [3.05, 3.63) is 48.3 Å². The second-order valence-electron chi connectivity index (χ2n) is 4.48. The molecule has 0 saturated carbocycles. The lowest BCUT2D eigenvalue weighted by Crippen LogP contribution is -2.22. The molecular formula is C13H18N4O2S. The van der Waals surface area contributed by atoms with Crippen molar-refractivity contribution in [2.24, 2.45) is 5.14 Å². The SMILES string of the molecule is NS(=O)(=O)CCCNCc1ccn(-c2ccccc2)n1. The molecule has 1 aromatic heterocycles. The Kier molecular flexibility index (Phi) is 4.89. The standard InChI is InChI=1S/C13H18N4O2S/c14-20(18,19)10-4-8-15-11-12-7-9-17(16-12)13-5-2-1-3-6-13/h1-3,5-7,9,15H,4,8,10-11H2,(H2,14,18,19). The van der Waals surface area contributed by atoms with Gasteiger partial charge in [-0.3, -0.25) is 0 Å². The fourth-order valence-corrected chi connectivity index (χ4v) is 2.34. The average Bonchev–Trinajstić information content (AvgIpc) is 2.87. The van der Waals surface area contributed by atoms with Crippen molar-refractivity contribution in [1.29, 1.82) is 0 Å². The van der Waals surface area contributed by atoms with Crippen LogP contribution in [0.15, 0.2) is 42.6 Å². The molecule has 2 aromatic rings. The molecule has 0 saturated heterocycles. The number of hydrogen-bond acceptors (Lipinski definition) is 4. The highest BCUT2D eigenvalue weighted by atomic mass is 32.2. The first-order chi connectivity index (χ1) is 9.54. The highest BCUT2D eigenvalue weighted by molar-refractivity contribution is 7.89. The number of nitrogens with two attached hydrogens (primary N) is 1. The van der Waals surface area contributed by atoms with Gasteiger partial charge in [-0.2, -0.15) is 5.10 Å². The molecule has 0 atom stereocenters. The number of hydrogen-bond donors (Lipinski definition) is 2. The van der Waals surface area contributed by atoms with Crippen LogP contribution in [0.2, 0.25) is 0 Å². The van der Waals surface area contributed by atoms with Gasteiger partial charge in [0, 0.05) is 12.7 Å². The van der Waals surface area contributed by atoms with Gasteiger partial charge < -0.3 is 5.32 Å². The van der Waals surface area contributed by atoms with Crippen LogP contribution in [0.3, 0.4) is 0 Å². The minimum absolute atomic E-state index is 0.00153. The van der Waals surface area contributed by atoms with E-state index in [0.717, 1.165) is 11.4 Å². The van der Waals surface area contributed by atoms with Crippen LogP contribution in [0.5, 0.6) is 0 Å². The molecule has 0 spiro atoms. The van der Waals surface area contributed by atoms with E-state index in [1.165, 1.54) is 0 Å². The lowest BCUT2D eigenvalue weighted by molar-refractivity contribution is 0.589. The molecule has 0 fully saturated rings. The first-order valence-corrected chi connectivity index (χ1v) is 8.07. The number of nitrogens with one attached hydrogen (secondary N) is 1. The van der Waals surface area contributed by atoms with Gasteiger partial charge >= 0.3 is 0 Å². The number of para-hydroxylation sites is 1. The summed E-state index contributed by atoms with van der Waals surface area (Å²) in [6.45, 7) is 1.19. The molecule has 3 N–H and O–H groups in total. The van der Waals surface area contributed by atoms with Gasteiger partial charge in [-0.05, 0) is 31.2 Å². The Balaban J connectivity index is 1.79. The Hall–Kier alpha value is -1.70. The van der Waals surface area contributed by atoms with Crippen LogP contribution in [0.25, 0.3) is 5.69 Å². The zero-order valence-electron chi connectivity index (χ0n) is 11.1. The van der Waals surface area contributed by atoms with Crippen LogP contribution in [0, 0.1) is 0 Å². The molecule has 2 rings (SSSR count). The minimum Gasteiger partial charge on any atom is -0.311 e. The number of primary sulfonamides is 1. The van der Waals surface area contributed by atoms with Gasteiger partial charge in [-0.25, -0.2) is 18.2 Å². The minimum atomic E-state index is -3.36. The second-order valence-corrected chi connectivity index (χ2v) is 6.22. The van der Waals surface area contributed by atoms with Crippen molar-refractivity contribution < 1.29 is 8.42 Å². The highest BCUT2D eigenvalue weighted by Gasteiger charge is 2.03. The summed E-state index contributed by atoms with van der Waals surface area (Å²) in [7, 11) is -3.36. The molecule has 0 aliphatic rings. The van der Waals surface area contributed by atoms with Gasteiger partial charge in [0.2, 0.25) is 10.0 Å². The van der Waals surface area contributed by atoms with E-state index in [9.17, 15) is 8.42 Å². The van der Waals surface area contributed by atoms with Crippen LogP contribution >= 0.6 is 0 Å². The number of rotatable bonds is 7. The molecule has 0 unspecified atom stereocenters. The molecule has 108 valence electrons. The van der Waals surface area contributed by atoms with E-state index in [1.54, 1.807) is 4.68 Å². The molecule has 0 amide bonds. The zero-order valence-corrected chi connectivity index (χ0v) is 11.9. The number of benzene rings is 1. The molecule has 0 bridgehead atoms. The van der Waals surface area contributed by atoms with E-state index in [0.29, 0.717) is 19.5 Å². The Bertz CT molecular complexity index is 637. The molecule has 1 heterocycles. The normalized spacial score (nSPS) is 11.7. The summed E-state index contributed by atoms with van der Waals surface area (Å²) < 4.78 is 23.3. The number of sulfonamides is 1. The summed E-state index contributed by atoms with van der Waals surface area (Å²) in [4.78, 5) is 0. The van der Waals surface area contributed by atoms with Crippen molar-refractivity contribution in [3.63, 3.8) is 0 Å². The Morgan fingerprint density at radius 3 is 2.65 bits per heavy atom. The van der Waals surface area contributed by atoms with E-state index in [1.807, 2.05) is 42.6 Å². The van der Waals surface area contributed by atoms with E-state index in [2.05, 4.69) is 10.4 Å². The monoisotopic (exact) mass is 294 g/mol. The maximum atomic E-state index is 10.8. The van der Waals surface area contributed by atoms with Crippen LogP contribution in [0.4, 0.5) is 0 Å². The summed E-state index contributed by atoms with van der Waals surface area (Å²) in [6.07, 6.45) is 2.40. The fraction of sp³-hybridized carbons (Fsp3) is 0.308. The van der Waals surface area contributed by atoms with Gasteiger partial charge in [0.1, 0.15) is 0 Å². The number of nitrogens with zero attached hydrogens (tertiary/aromatic N) is 2. The summed E-state index contributed by atoms with van der Waals surface area (Å²) in [5.41, 5.74) is 1.91. The van der Waals surface area contributed by atoms with E-state index >= 15 is 0 Å². The largest absolute Gasteiger partial charge is 0.311 e. The summed E-state index contributed by atoms with van der Waals surface area (Å²) in [5, 5.41) is 12.5. The third-order valence-electron chi connectivity index (χ3n) is 2.75. The molecule has 6 nitrogen and oxygen atoms in total. The summed E-state index contributed by atoms with van der Waals surface area (Å²) in [5.74, 6) is -0.00153. The average molecular weight is 294 g/mol. The van der Waals surface area contributed by atoms with Crippen molar-refractivity contribution >= 4 is 10.0 Å². The Labute approximate surface area is 118 Å². The Morgan fingerprint density at radius 1 is 1.20 bits per heavy atom. The topological polar surface area (TPSA) is 90.0 Å². The molecule has 0 aliphatic carbocycles. The maximum Gasteiger partial charge on any atom is 0.209 e. The van der Waals surface area contributed by atoms with Crippen molar-refractivity contribution in [3.8, 4) is 5.69 Å². The van der Waals surface area contributed by atoms with Gasteiger partial charge in [-0.15, -0.1) is 0 Å². The third-order valence-corrected chi connectivity index (χ3v) is 3.61. The lowest BCUT2D eigenvalue weighted by atomic mass is 10.3. The van der Waals surface area contributed by atoms with Crippen molar-refractivity contribution in [1.82, 2.24) is 15.1 Å². The van der Waals surface area contributed by atoms with E-state index < -0.39 is 10.0 Å².